The Balaban J connectivity index is 2.03. The van der Waals surface area contributed by atoms with Gasteiger partial charge in [0.2, 0.25) is 5.91 Å². The molecule has 2 aromatic rings. The van der Waals surface area contributed by atoms with E-state index in [-0.39, 0.29) is 12.2 Å². The molecule has 0 aromatic heterocycles. The van der Waals surface area contributed by atoms with Crippen LogP contribution in [0.2, 0.25) is 0 Å². The number of carboxylic acid groups (broad SMARTS) is 3. The minimum atomic E-state index is -3.01. The number of carbonyl (C=O) groups is 5. The van der Waals surface area contributed by atoms with Crippen LogP contribution in [0.5, 0.6) is 0 Å². The van der Waals surface area contributed by atoms with Crippen molar-refractivity contribution in [3.8, 4) is 11.1 Å². The van der Waals surface area contributed by atoms with Crippen molar-refractivity contribution < 1.29 is 44.4 Å². The number of amides is 1. The second-order valence-corrected chi connectivity index (χ2v) is 13.3. The number of benzene rings is 2. The highest BCUT2D eigenvalue weighted by Crippen LogP contribution is 2.27. The van der Waals surface area contributed by atoms with Crippen LogP contribution in [0.4, 0.5) is 0 Å². The number of unbranched alkanes of at least 4 members (excludes halogenated alkanes) is 8. The van der Waals surface area contributed by atoms with E-state index in [0.29, 0.717) is 31.2 Å². The Kier molecular flexibility index (Phi) is 18.4. The number of carboxylic acids is 3. The summed E-state index contributed by atoms with van der Waals surface area (Å²) in [4.78, 5) is 62.4. The van der Waals surface area contributed by atoms with Crippen LogP contribution in [0, 0.1) is 5.92 Å². The number of thioether (sulfide) groups is 1. The molecule has 0 saturated heterocycles. The van der Waals surface area contributed by atoms with Gasteiger partial charge in [-0.3, -0.25) is 14.4 Å². The average Bonchev–Trinajstić information content (AvgIpc) is 3.07. The summed E-state index contributed by atoms with van der Waals surface area (Å²) in [5, 5.41) is 42.3. The van der Waals surface area contributed by atoms with Crippen LogP contribution in [0.15, 0.2) is 65.6 Å². The molecule has 2 aromatic carbocycles. The Bertz CT molecular complexity index is 1390. The fourth-order valence-electron chi connectivity index (χ4n) is 5.55. The molecule has 2 rings (SSSR count). The summed E-state index contributed by atoms with van der Waals surface area (Å²) >= 11 is 1.63. The third-order valence-electron chi connectivity index (χ3n) is 8.48. The fourth-order valence-corrected chi connectivity index (χ4v) is 5.96. The summed E-state index contributed by atoms with van der Waals surface area (Å²) in [6.07, 6.45) is 13.3. The normalized spacial score (nSPS) is 13.8. The van der Waals surface area contributed by atoms with Crippen molar-refractivity contribution in [3.05, 3.63) is 66.2 Å². The van der Waals surface area contributed by atoms with Gasteiger partial charge in [-0.25, -0.2) is 9.59 Å². The van der Waals surface area contributed by atoms with Gasteiger partial charge < -0.3 is 25.7 Å². The Hall–Kier alpha value is -3.96. The Morgan fingerprint density at radius 2 is 1.35 bits per heavy atom. The number of aliphatic hydroxyl groups is 1. The van der Waals surface area contributed by atoms with Crippen LogP contribution in [0.25, 0.3) is 11.1 Å². The molecule has 0 unspecified atom stereocenters. The van der Waals surface area contributed by atoms with E-state index in [1.54, 1.807) is 23.9 Å². The first-order chi connectivity index (χ1) is 23.4. The highest BCUT2D eigenvalue weighted by atomic mass is 32.2. The number of carbonyl (C=O) groups excluding carboxylic acids is 2. The first-order valence-corrected chi connectivity index (χ1v) is 18.3. The monoisotopic (exact) mass is 697 g/mol. The predicted octanol–water partition coefficient (Wildman–Crippen LogP) is 6.92. The lowest BCUT2D eigenvalue weighted by molar-refractivity contribution is -0.172. The molecule has 5 N–H and O–H groups in total. The zero-order chi connectivity index (χ0) is 36.2. The van der Waals surface area contributed by atoms with Gasteiger partial charge in [-0.15, -0.1) is 11.8 Å². The minimum Gasteiger partial charge on any atom is -0.481 e. The number of nitrogens with one attached hydrogen (secondary N) is 1. The highest BCUT2D eigenvalue weighted by molar-refractivity contribution is 7.98. The zero-order valence-electron chi connectivity index (χ0n) is 28.6. The molecular weight excluding hydrogens is 646 g/mol. The Morgan fingerprint density at radius 1 is 0.796 bits per heavy atom. The van der Waals surface area contributed by atoms with Crippen LogP contribution in [-0.4, -0.2) is 67.9 Å². The molecule has 0 saturated carbocycles. The topological polar surface area (TPSA) is 178 Å². The van der Waals surface area contributed by atoms with Gasteiger partial charge >= 0.3 is 17.9 Å². The molecule has 10 nitrogen and oxygen atoms in total. The molecule has 49 heavy (non-hydrogen) atoms. The molecule has 0 radical (unpaired) electrons. The van der Waals surface area contributed by atoms with Crippen LogP contribution in [-0.2, 0) is 30.4 Å². The van der Waals surface area contributed by atoms with E-state index in [2.05, 4.69) is 12.2 Å². The standard InChI is InChI=1S/C38H51NO9S/c1-3-4-5-8-11-14-30(40)15-12-9-6-7-10-13-16-32(38(48,37(46)47)26-34(41)42)35(43)39-33(36(44)45)25-27-17-19-28(20-18-27)29-21-23-31(49-2)24-22-29/h13,16-24,32-33,48H,3-12,14-15,25-26H2,1-2H3,(H,39,43)(H,41,42)(H,44,45)(H,46,47)/b16-13+/t32-,33+,38+/m1/s1. The molecule has 11 heteroatoms. The molecule has 0 bridgehead atoms. The lowest BCUT2D eigenvalue weighted by atomic mass is 9.82. The summed E-state index contributed by atoms with van der Waals surface area (Å²) in [6.45, 7) is 2.15. The molecule has 0 aliphatic carbocycles. The SMILES string of the molecule is CCCCCCCC(=O)CCCCCC/C=C/[C@H](C(=O)N[C@@H](Cc1ccc(-c2ccc(SC)cc2)cc1)C(=O)O)[C@@](O)(CC(=O)O)C(=O)O. The number of Topliss-reactive ketones (excluding diaryl/α,β-unsaturated/α-hetero) is 1. The summed E-state index contributed by atoms with van der Waals surface area (Å²) < 4.78 is 0. The third kappa shape index (κ3) is 14.6. The van der Waals surface area contributed by atoms with Crippen LogP contribution in [0.1, 0.15) is 96.0 Å². The number of allylic oxidation sites excluding steroid dienone is 1. The summed E-state index contributed by atoms with van der Waals surface area (Å²) in [5.41, 5.74) is -0.525. The van der Waals surface area contributed by atoms with Gasteiger partial charge in [0.05, 0.1) is 12.3 Å². The van der Waals surface area contributed by atoms with E-state index in [0.717, 1.165) is 67.0 Å². The molecule has 0 aliphatic heterocycles. The van der Waals surface area contributed by atoms with E-state index in [9.17, 15) is 44.4 Å². The van der Waals surface area contributed by atoms with Crippen molar-refractivity contribution in [2.24, 2.45) is 5.92 Å². The van der Waals surface area contributed by atoms with Gasteiger partial charge in [0.1, 0.15) is 11.8 Å². The van der Waals surface area contributed by atoms with Crippen molar-refractivity contribution in [3.63, 3.8) is 0 Å². The van der Waals surface area contributed by atoms with Gasteiger partial charge in [-0.2, -0.15) is 0 Å². The fraction of sp³-hybridized carbons (Fsp3) is 0.500. The number of ketones is 1. The first-order valence-electron chi connectivity index (χ1n) is 17.0. The number of rotatable bonds is 25. The summed E-state index contributed by atoms with van der Waals surface area (Å²) in [6, 6.07) is 13.6. The maximum absolute atomic E-state index is 13.4. The lowest BCUT2D eigenvalue weighted by Gasteiger charge is -2.29. The van der Waals surface area contributed by atoms with E-state index in [1.165, 1.54) is 12.5 Å². The molecule has 3 atom stereocenters. The molecule has 0 spiro atoms. The molecule has 0 heterocycles. The summed E-state index contributed by atoms with van der Waals surface area (Å²) in [5.74, 6) is -7.64. The van der Waals surface area contributed by atoms with E-state index in [1.807, 2.05) is 42.7 Å². The summed E-state index contributed by atoms with van der Waals surface area (Å²) in [7, 11) is 0. The second kappa shape index (κ2) is 21.9. The third-order valence-corrected chi connectivity index (χ3v) is 9.23. The quantitative estimate of drug-likeness (QED) is 0.0416. The van der Waals surface area contributed by atoms with Crippen molar-refractivity contribution in [2.45, 2.75) is 113 Å². The van der Waals surface area contributed by atoms with E-state index in [4.69, 9.17) is 0 Å². The number of hydrogen-bond donors (Lipinski definition) is 5. The minimum absolute atomic E-state index is 0.130. The van der Waals surface area contributed by atoms with Gasteiger partial charge in [0, 0.05) is 24.2 Å². The van der Waals surface area contributed by atoms with Crippen LogP contribution >= 0.6 is 11.8 Å². The Morgan fingerprint density at radius 3 is 1.86 bits per heavy atom. The smallest absolute Gasteiger partial charge is 0.337 e. The van der Waals surface area contributed by atoms with Crippen molar-refractivity contribution in [1.82, 2.24) is 5.32 Å². The largest absolute Gasteiger partial charge is 0.481 e. The molecule has 268 valence electrons. The maximum atomic E-state index is 13.4. The van der Waals surface area contributed by atoms with Gasteiger partial charge in [0.25, 0.3) is 0 Å². The zero-order valence-corrected chi connectivity index (χ0v) is 29.4. The van der Waals surface area contributed by atoms with Gasteiger partial charge in [-0.05, 0) is 60.8 Å². The lowest BCUT2D eigenvalue weighted by Crippen LogP contribution is -2.55. The molecular formula is C38H51NO9S. The first kappa shape index (κ1) is 41.2. The van der Waals surface area contributed by atoms with Crippen LogP contribution in [0.3, 0.4) is 0 Å². The van der Waals surface area contributed by atoms with Gasteiger partial charge in [-0.1, -0.05) is 94.0 Å². The van der Waals surface area contributed by atoms with Crippen LogP contribution < -0.4 is 5.32 Å². The van der Waals surface area contributed by atoms with E-state index < -0.39 is 47.8 Å². The second-order valence-electron chi connectivity index (χ2n) is 12.4. The van der Waals surface area contributed by atoms with E-state index >= 15 is 0 Å². The maximum Gasteiger partial charge on any atom is 0.337 e. The van der Waals surface area contributed by atoms with Crippen molar-refractivity contribution in [1.29, 1.82) is 0 Å². The van der Waals surface area contributed by atoms with Crippen molar-refractivity contribution in [2.75, 3.05) is 6.26 Å². The molecule has 0 aliphatic rings. The predicted molar refractivity (Wildman–Crippen MR) is 190 cm³/mol. The molecule has 0 fully saturated rings. The number of aliphatic carboxylic acids is 3. The van der Waals surface area contributed by atoms with Gasteiger partial charge in [0.15, 0.2) is 5.60 Å². The highest BCUT2D eigenvalue weighted by Gasteiger charge is 2.49. The van der Waals surface area contributed by atoms with Crippen molar-refractivity contribution >= 4 is 41.4 Å². The average molecular weight is 698 g/mol. The Labute approximate surface area is 293 Å². The number of hydrogen-bond acceptors (Lipinski definition) is 7. The molecule has 1 amide bonds.